The van der Waals surface area contributed by atoms with E-state index >= 15 is 0 Å². The number of alkyl halides is 9. The maximum Gasteiger partial charge on any atom is 0.430 e. The van der Waals surface area contributed by atoms with Gasteiger partial charge in [-0.15, -0.1) is 4.13 Å². The van der Waals surface area contributed by atoms with E-state index in [2.05, 4.69) is 0 Å². The molecule has 2 rings (SSSR count). The maximum atomic E-state index is 13.1. The zero-order chi connectivity index (χ0) is 35.6. The molecule has 0 fully saturated rings. The molecule has 0 aliphatic rings. The normalized spacial score (nSPS) is 16.3. The Kier molecular flexibility index (Phi) is 12.4. The lowest BCUT2D eigenvalue weighted by Crippen LogP contribution is -2.54. The van der Waals surface area contributed by atoms with Crippen molar-refractivity contribution in [3.05, 3.63) is 64.7 Å². The molecule has 258 valence electrons. The lowest BCUT2D eigenvalue weighted by molar-refractivity contribution is -0.376. The van der Waals surface area contributed by atoms with Gasteiger partial charge in [0, 0.05) is 5.56 Å². The first-order chi connectivity index (χ1) is 20.0. The smallest absolute Gasteiger partial charge is 0.376 e. The van der Waals surface area contributed by atoms with Gasteiger partial charge in [0.1, 0.15) is 0 Å². The second kappa shape index (κ2) is 13.8. The third-order valence-electron chi connectivity index (χ3n) is 7.12. The van der Waals surface area contributed by atoms with E-state index in [0.29, 0.717) is 18.1 Å². The molecular formula is C27H34F9NO6S2. The molecule has 3 N–H and O–H groups in total. The molecule has 0 aliphatic heterocycles. The van der Waals surface area contributed by atoms with Crippen LogP contribution in [0.1, 0.15) is 81.5 Å². The topological polar surface area (TPSA) is 121 Å². The minimum atomic E-state index is -6.26. The number of hydrogen-bond acceptors (Lipinski definition) is 6. The summed E-state index contributed by atoms with van der Waals surface area (Å²) in [5.74, 6) is -0.400. The highest BCUT2D eigenvalue weighted by Crippen LogP contribution is 2.51. The minimum Gasteiger partial charge on any atom is -0.376 e. The molecule has 45 heavy (non-hydrogen) atoms. The van der Waals surface area contributed by atoms with Crippen LogP contribution in [0.15, 0.2) is 47.4 Å². The fourth-order valence-electron chi connectivity index (χ4n) is 3.77. The quantitative estimate of drug-likeness (QED) is 0.250. The Hall–Kier alpha value is -2.41. The monoisotopic (exact) mass is 703 g/mol. The zero-order valence-corrected chi connectivity index (χ0v) is 26.5. The maximum absolute atomic E-state index is 13.1. The predicted molar refractivity (Wildman–Crippen MR) is 147 cm³/mol. The first-order valence-corrected chi connectivity index (χ1v) is 16.5. The van der Waals surface area contributed by atoms with Gasteiger partial charge in [0.2, 0.25) is 10.0 Å². The predicted octanol–water partition coefficient (Wildman–Crippen LogP) is 6.72. The van der Waals surface area contributed by atoms with Crippen LogP contribution in [0, 0.1) is 0 Å². The van der Waals surface area contributed by atoms with Gasteiger partial charge in [-0.3, -0.25) is 0 Å². The Bertz CT molecular complexity index is 1500. The van der Waals surface area contributed by atoms with E-state index in [0.717, 1.165) is 18.2 Å². The van der Waals surface area contributed by atoms with Crippen LogP contribution in [0.25, 0.3) is 0 Å². The van der Waals surface area contributed by atoms with Crippen LogP contribution in [0.3, 0.4) is 0 Å². The average molecular weight is 704 g/mol. The second-order valence-electron chi connectivity index (χ2n) is 10.7. The Morgan fingerprint density at radius 1 is 0.689 bits per heavy atom. The first-order valence-electron chi connectivity index (χ1n) is 13.1. The van der Waals surface area contributed by atoms with Gasteiger partial charge in [-0.05, 0) is 66.5 Å². The summed E-state index contributed by atoms with van der Waals surface area (Å²) >= 11 is 0. The summed E-state index contributed by atoms with van der Waals surface area (Å²) < 4.78 is 165. The van der Waals surface area contributed by atoms with Crippen molar-refractivity contribution in [2.24, 2.45) is 0 Å². The fourth-order valence-corrected chi connectivity index (χ4v) is 6.25. The molecule has 0 aliphatic carbocycles. The summed E-state index contributed by atoms with van der Waals surface area (Å²) in [6, 6.07) is 7.13. The van der Waals surface area contributed by atoms with Crippen molar-refractivity contribution in [3.8, 4) is 0 Å². The van der Waals surface area contributed by atoms with E-state index in [1.165, 1.54) is 26.0 Å². The second-order valence-corrected chi connectivity index (χ2v) is 14.4. The zero-order valence-electron chi connectivity index (χ0n) is 24.9. The molecule has 0 amide bonds. The molecule has 0 heterocycles. The highest BCUT2D eigenvalue weighted by Gasteiger charge is 2.71. The van der Waals surface area contributed by atoms with E-state index in [4.69, 9.17) is 0 Å². The number of aliphatic hydroxyl groups is 2. The molecule has 0 spiro atoms. The van der Waals surface area contributed by atoms with Crippen LogP contribution < -0.4 is 4.13 Å². The summed E-state index contributed by atoms with van der Waals surface area (Å²) in [4.78, 5) is -0.0556. The summed E-state index contributed by atoms with van der Waals surface area (Å²) in [5.41, 5.74) is -11.5. The van der Waals surface area contributed by atoms with Gasteiger partial charge in [-0.1, -0.05) is 52.0 Å². The van der Waals surface area contributed by atoms with Crippen molar-refractivity contribution >= 4 is 20.0 Å². The van der Waals surface area contributed by atoms with Crippen molar-refractivity contribution in [2.75, 3.05) is 6.26 Å². The first kappa shape index (κ1) is 40.6. The van der Waals surface area contributed by atoms with Crippen LogP contribution in [0.4, 0.5) is 39.5 Å². The van der Waals surface area contributed by atoms with Gasteiger partial charge in [0.15, 0.2) is 5.60 Å². The van der Waals surface area contributed by atoms with Crippen LogP contribution in [0.5, 0.6) is 0 Å². The third kappa shape index (κ3) is 9.56. The molecule has 3 unspecified atom stereocenters. The Morgan fingerprint density at radius 2 is 1.09 bits per heavy atom. The lowest BCUT2D eigenvalue weighted by atomic mass is 9.82. The molecule has 3 atom stereocenters. The van der Waals surface area contributed by atoms with Crippen LogP contribution in [-0.4, -0.2) is 51.8 Å². The SMILES string of the molecule is CCC(C)c1cc(C(C)(O)C(F)(F)F)cc(C(O)(C(F)(F)F)C(F)(F)F)c1.CCC(C)c1ccc(S(=O)(=O)NS(C)(=O)=O)cc1. The number of rotatable bonds is 9. The van der Waals surface area contributed by atoms with Crippen molar-refractivity contribution in [1.29, 1.82) is 0 Å². The van der Waals surface area contributed by atoms with Gasteiger partial charge in [0.05, 0.1) is 11.2 Å². The molecule has 2 aromatic carbocycles. The van der Waals surface area contributed by atoms with Crippen molar-refractivity contribution < 1.29 is 66.6 Å². The summed E-state index contributed by atoms with van der Waals surface area (Å²) in [6.07, 6.45) is -16.0. The molecule has 0 saturated heterocycles. The third-order valence-corrected chi connectivity index (χ3v) is 10.1. The Balaban J connectivity index is 0.000000487. The summed E-state index contributed by atoms with van der Waals surface area (Å²) in [5, 5.41) is 19.2. The van der Waals surface area contributed by atoms with E-state index in [-0.39, 0.29) is 29.9 Å². The average Bonchev–Trinajstić information content (AvgIpc) is 2.88. The van der Waals surface area contributed by atoms with E-state index in [9.17, 15) is 66.6 Å². The summed E-state index contributed by atoms with van der Waals surface area (Å²) in [7, 11) is -7.80. The lowest BCUT2D eigenvalue weighted by Gasteiger charge is -2.35. The molecular weight excluding hydrogens is 669 g/mol. The van der Waals surface area contributed by atoms with Gasteiger partial charge < -0.3 is 10.2 Å². The Morgan fingerprint density at radius 3 is 1.44 bits per heavy atom. The van der Waals surface area contributed by atoms with E-state index in [1.807, 2.05) is 13.8 Å². The standard InChI is InChI=1S/C16H17F9O2.C11H17NO4S2/c1-4-8(2)9-5-10(12(3,26)14(17,18)19)7-11(6-9)13(27,15(20,21)22)16(23,24)25;1-4-9(2)10-5-7-11(8-6-10)18(15,16)12-17(3,13)14/h5-8,26-27H,4H2,1-3H3;5-9,12H,4H2,1-3H3. The number of hydrogen-bond donors (Lipinski definition) is 3. The molecule has 0 radical (unpaired) electrons. The molecule has 2 aromatic rings. The van der Waals surface area contributed by atoms with Crippen molar-refractivity contribution in [1.82, 2.24) is 4.13 Å². The fraction of sp³-hybridized carbons (Fsp3) is 0.556. The molecule has 0 aromatic heterocycles. The van der Waals surface area contributed by atoms with Crippen LogP contribution in [0.2, 0.25) is 0 Å². The highest BCUT2D eigenvalue weighted by molar-refractivity contribution is 8.04. The molecule has 18 heteroatoms. The highest BCUT2D eigenvalue weighted by atomic mass is 32.3. The number of benzene rings is 2. The molecule has 0 saturated carbocycles. The number of halogens is 9. The number of nitrogens with one attached hydrogen (secondary N) is 1. The van der Waals surface area contributed by atoms with E-state index < -0.39 is 66.8 Å². The Labute approximate surface area is 255 Å². The van der Waals surface area contributed by atoms with Crippen LogP contribution in [-0.2, 0) is 31.2 Å². The van der Waals surface area contributed by atoms with Gasteiger partial charge in [-0.2, -0.15) is 39.5 Å². The van der Waals surface area contributed by atoms with Gasteiger partial charge in [0.25, 0.3) is 15.6 Å². The van der Waals surface area contributed by atoms with E-state index in [1.54, 1.807) is 16.3 Å². The van der Waals surface area contributed by atoms with Crippen molar-refractivity contribution in [2.45, 2.75) is 93.9 Å². The van der Waals surface area contributed by atoms with Gasteiger partial charge in [-0.25, -0.2) is 16.8 Å². The van der Waals surface area contributed by atoms with Crippen LogP contribution >= 0.6 is 0 Å². The summed E-state index contributed by atoms with van der Waals surface area (Å²) in [6.45, 7) is 7.16. The van der Waals surface area contributed by atoms with Crippen molar-refractivity contribution in [3.63, 3.8) is 0 Å². The molecule has 0 bridgehead atoms. The molecule has 7 nitrogen and oxygen atoms in total. The minimum absolute atomic E-state index is 0.0556. The van der Waals surface area contributed by atoms with Gasteiger partial charge >= 0.3 is 18.5 Å². The number of sulfonamides is 2. The largest absolute Gasteiger partial charge is 0.430 e.